The molecule has 2 aliphatic heterocycles. The lowest BCUT2D eigenvalue weighted by Gasteiger charge is -2.41. The lowest BCUT2D eigenvalue weighted by atomic mass is 9.98. The zero-order chi connectivity index (χ0) is 17.6. The Hall–Kier alpha value is -1.75. The lowest BCUT2D eigenvalue weighted by molar-refractivity contribution is 0.0674. The number of anilines is 1. The molecular formula is C20H31N3O2. The number of nitrogens with zero attached hydrogens (tertiary/aromatic N) is 2. The van der Waals surface area contributed by atoms with Crippen molar-refractivity contribution < 1.29 is 9.53 Å². The molecule has 3 rings (SSSR count). The lowest BCUT2D eigenvalue weighted by Crippen LogP contribution is -2.50. The standard InChI is InChI=1S/C20H31N3O2/c1-3-25-20(24)23-14-10-19(11-15-23)22-12-8-18(9-13-22)21-17-6-4-16(2)5-7-17/h4-7,18-19,21H,3,8-15H2,1-2H3. The van der Waals surface area contributed by atoms with Gasteiger partial charge in [-0.1, -0.05) is 17.7 Å². The highest BCUT2D eigenvalue weighted by Gasteiger charge is 2.29. The van der Waals surface area contributed by atoms with E-state index in [1.807, 2.05) is 11.8 Å². The first kappa shape index (κ1) is 18.1. The van der Waals surface area contributed by atoms with Crippen LogP contribution >= 0.6 is 0 Å². The topological polar surface area (TPSA) is 44.8 Å². The summed E-state index contributed by atoms with van der Waals surface area (Å²) in [4.78, 5) is 16.3. The molecule has 1 amide bonds. The number of hydrogen-bond donors (Lipinski definition) is 1. The number of piperidine rings is 2. The van der Waals surface area contributed by atoms with Crippen molar-refractivity contribution in [2.45, 2.75) is 51.6 Å². The van der Waals surface area contributed by atoms with Crippen LogP contribution in [0.4, 0.5) is 10.5 Å². The molecular weight excluding hydrogens is 314 g/mol. The van der Waals surface area contributed by atoms with Crippen LogP contribution < -0.4 is 5.32 Å². The molecule has 0 saturated carbocycles. The highest BCUT2D eigenvalue weighted by Crippen LogP contribution is 2.23. The third-order valence-electron chi connectivity index (χ3n) is 5.46. The Kier molecular flexibility index (Phi) is 6.19. The van der Waals surface area contributed by atoms with Gasteiger partial charge in [-0.05, 0) is 51.7 Å². The highest BCUT2D eigenvalue weighted by atomic mass is 16.6. The van der Waals surface area contributed by atoms with Crippen LogP contribution in [0.5, 0.6) is 0 Å². The number of carbonyl (C=O) groups is 1. The van der Waals surface area contributed by atoms with E-state index in [4.69, 9.17) is 4.74 Å². The zero-order valence-electron chi connectivity index (χ0n) is 15.5. The number of nitrogens with one attached hydrogen (secondary N) is 1. The van der Waals surface area contributed by atoms with Gasteiger partial charge in [-0.25, -0.2) is 4.79 Å². The maximum Gasteiger partial charge on any atom is 0.409 e. The summed E-state index contributed by atoms with van der Waals surface area (Å²) in [6.07, 6.45) is 4.35. The number of ether oxygens (including phenoxy) is 1. The van der Waals surface area contributed by atoms with Crippen molar-refractivity contribution in [3.8, 4) is 0 Å². The number of benzene rings is 1. The van der Waals surface area contributed by atoms with Crippen LogP contribution in [0.1, 0.15) is 38.2 Å². The molecule has 2 heterocycles. The summed E-state index contributed by atoms with van der Waals surface area (Å²) in [7, 11) is 0. The smallest absolute Gasteiger partial charge is 0.409 e. The average Bonchev–Trinajstić information content (AvgIpc) is 2.65. The van der Waals surface area contributed by atoms with Crippen LogP contribution in [-0.2, 0) is 4.74 Å². The minimum absolute atomic E-state index is 0.151. The fourth-order valence-electron chi connectivity index (χ4n) is 3.92. The van der Waals surface area contributed by atoms with Crippen molar-refractivity contribution in [2.24, 2.45) is 0 Å². The van der Waals surface area contributed by atoms with Crippen molar-refractivity contribution in [3.63, 3.8) is 0 Å². The Morgan fingerprint density at radius 2 is 1.72 bits per heavy atom. The van der Waals surface area contributed by atoms with Gasteiger partial charge in [-0.15, -0.1) is 0 Å². The fourth-order valence-corrected chi connectivity index (χ4v) is 3.92. The van der Waals surface area contributed by atoms with Gasteiger partial charge in [0.05, 0.1) is 6.61 Å². The molecule has 2 saturated heterocycles. The summed E-state index contributed by atoms with van der Waals surface area (Å²) < 4.78 is 5.11. The number of carbonyl (C=O) groups excluding carboxylic acids is 1. The molecule has 5 nitrogen and oxygen atoms in total. The molecule has 2 fully saturated rings. The molecule has 0 bridgehead atoms. The molecule has 0 atom stereocenters. The minimum Gasteiger partial charge on any atom is -0.450 e. The van der Waals surface area contributed by atoms with Crippen molar-refractivity contribution in [2.75, 3.05) is 38.1 Å². The maximum absolute atomic E-state index is 11.8. The highest BCUT2D eigenvalue weighted by molar-refractivity contribution is 5.67. The van der Waals surface area contributed by atoms with Gasteiger partial charge >= 0.3 is 6.09 Å². The van der Waals surface area contributed by atoms with Gasteiger partial charge in [-0.3, -0.25) is 0 Å². The first-order valence-electron chi connectivity index (χ1n) is 9.64. The van der Waals surface area contributed by atoms with Crippen LogP contribution in [0, 0.1) is 6.92 Å². The van der Waals surface area contributed by atoms with E-state index in [9.17, 15) is 4.79 Å². The second kappa shape index (κ2) is 8.56. The van der Waals surface area contributed by atoms with Gasteiger partial charge in [-0.2, -0.15) is 0 Å². The Morgan fingerprint density at radius 1 is 1.08 bits per heavy atom. The van der Waals surface area contributed by atoms with Gasteiger partial charge < -0.3 is 19.9 Å². The molecule has 0 radical (unpaired) electrons. The zero-order valence-corrected chi connectivity index (χ0v) is 15.5. The number of amides is 1. The van der Waals surface area contributed by atoms with Crippen LogP contribution in [0.15, 0.2) is 24.3 Å². The van der Waals surface area contributed by atoms with E-state index in [1.165, 1.54) is 24.1 Å². The van der Waals surface area contributed by atoms with E-state index >= 15 is 0 Å². The number of hydrogen-bond acceptors (Lipinski definition) is 4. The summed E-state index contributed by atoms with van der Waals surface area (Å²) in [5, 5.41) is 3.67. The van der Waals surface area contributed by atoms with Crippen molar-refractivity contribution in [3.05, 3.63) is 29.8 Å². The Balaban J connectivity index is 1.41. The summed E-state index contributed by atoms with van der Waals surface area (Å²) in [5.41, 5.74) is 2.53. The molecule has 0 spiro atoms. The Labute approximate surface area is 151 Å². The van der Waals surface area contributed by atoms with Crippen molar-refractivity contribution in [1.82, 2.24) is 9.80 Å². The molecule has 0 aromatic heterocycles. The molecule has 5 heteroatoms. The molecule has 2 aliphatic rings. The SMILES string of the molecule is CCOC(=O)N1CCC(N2CCC(Nc3ccc(C)cc3)CC2)CC1. The fraction of sp³-hybridized carbons (Fsp3) is 0.650. The average molecular weight is 345 g/mol. The van der Waals surface area contributed by atoms with Gasteiger partial charge in [0.25, 0.3) is 0 Å². The third-order valence-corrected chi connectivity index (χ3v) is 5.46. The van der Waals surface area contributed by atoms with Crippen molar-refractivity contribution >= 4 is 11.8 Å². The van der Waals surface area contributed by atoms with E-state index < -0.39 is 0 Å². The Bertz CT molecular complexity index is 545. The molecule has 1 aromatic carbocycles. The van der Waals surface area contributed by atoms with Crippen LogP contribution in [0.3, 0.4) is 0 Å². The summed E-state index contributed by atoms with van der Waals surface area (Å²) in [5.74, 6) is 0. The van der Waals surface area contributed by atoms with E-state index in [2.05, 4.69) is 41.4 Å². The molecule has 138 valence electrons. The quantitative estimate of drug-likeness (QED) is 0.907. The predicted molar refractivity (Wildman–Crippen MR) is 101 cm³/mol. The van der Waals surface area contributed by atoms with Gasteiger partial charge in [0.1, 0.15) is 0 Å². The molecule has 1 aromatic rings. The minimum atomic E-state index is -0.151. The second-order valence-electron chi connectivity index (χ2n) is 7.24. The molecule has 0 aliphatic carbocycles. The number of rotatable bonds is 4. The second-order valence-corrected chi connectivity index (χ2v) is 7.24. The molecule has 0 unspecified atom stereocenters. The van der Waals surface area contributed by atoms with Crippen molar-refractivity contribution in [1.29, 1.82) is 0 Å². The molecule has 1 N–H and O–H groups in total. The van der Waals surface area contributed by atoms with E-state index in [-0.39, 0.29) is 6.09 Å². The normalized spacial score (nSPS) is 20.5. The predicted octanol–water partition coefficient (Wildman–Crippen LogP) is 3.49. The Morgan fingerprint density at radius 3 is 2.32 bits per heavy atom. The maximum atomic E-state index is 11.8. The van der Waals surface area contributed by atoms with Crippen LogP contribution in [0.2, 0.25) is 0 Å². The van der Waals surface area contributed by atoms with E-state index in [1.54, 1.807) is 0 Å². The number of aryl methyl sites for hydroxylation is 1. The van der Waals surface area contributed by atoms with Gasteiger partial charge in [0, 0.05) is 44.0 Å². The van der Waals surface area contributed by atoms with E-state index in [0.717, 1.165) is 39.0 Å². The first-order valence-corrected chi connectivity index (χ1v) is 9.64. The van der Waals surface area contributed by atoms with Crippen LogP contribution in [-0.4, -0.2) is 60.8 Å². The monoisotopic (exact) mass is 345 g/mol. The summed E-state index contributed by atoms with van der Waals surface area (Å²) in [6.45, 7) is 8.38. The molecule has 25 heavy (non-hydrogen) atoms. The van der Waals surface area contributed by atoms with Crippen LogP contribution in [0.25, 0.3) is 0 Å². The van der Waals surface area contributed by atoms with Gasteiger partial charge in [0.15, 0.2) is 0 Å². The third kappa shape index (κ3) is 4.88. The summed E-state index contributed by atoms with van der Waals surface area (Å²) >= 11 is 0. The largest absolute Gasteiger partial charge is 0.450 e. The van der Waals surface area contributed by atoms with E-state index in [0.29, 0.717) is 18.7 Å². The summed E-state index contributed by atoms with van der Waals surface area (Å²) in [6, 6.07) is 9.85. The first-order chi connectivity index (χ1) is 12.2. The number of likely N-dealkylation sites (tertiary alicyclic amines) is 2. The van der Waals surface area contributed by atoms with Gasteiger partial charge in [0.2, 0.25) is 0 Å².